The maximum atomic E-state index is 13.7. The number of carbonyl (C=O) groups excluding carboxylic acids is 1. The maximum Gasteiger partial charge on any atom is 0.241 e. The minimum atomic E-state index is -1.09. The van der Waals surface area contributed by atoms with E-state index < -0.39 is 5.41 Å². The zero-order valence-electron chi connectivity index (χ0n) is 17.7. The number of nitrogens with one attached hydrogen (secondary N) is 1. The van der Waals surface area contributed by atoms with Crippen molar-refractivity contribution in [2.24, 2.45) is 0 Å². The smallest absolute Gasteiger partial charge is 0.241 e. The summed E-state index contributed by atoms with van der Waals surface area (Å²) in [6.45, 7) is 0. The Morgan fingerprint density at radius 1 is 0.941 bits per heavy atom. The van der Waals surface area contributed by atoms with Crippen LogP contribution in [0.25, 0.3) is 11.1 Å². The van der Waals surface area contributed by atoms with E-state index in [2.05, 4.69) is 21.4 Å². The molecule has 0 saturated carbocycles. The second kappa shape index (κ2) is 10.2. The number of amides is 1. The van der Waals surface area contributed by atoms with Crippen LogP contribution in [0.5, 0.6) is 0 Å². The molecule has 0 spiro atoms. The van der Waals surface area contributed by atoms with Gasteiger partial charge in [0.2, 0.25) is 5.91 Å². The van der Waals surface area contributed by atoms with Crippen molar-refractivity contribution >= 4 is 48.1 Å². The average Bonchev–Trinajstić information content (AvgIpc) is 3.12. The van der Waals surface area contributed by atoms with E-state index in [-0.39, 0.29) is 30.7 Å². The first-order valence-corrected chi connectivity index (χ1v) is 10.5. The molecule has 0 bridgehead atoms. The Bertz CT molecular complexity index is 1390. The molecular formula is C26H19Cl3N4O. The van der Waals surface area contributed by atoms with Gasteiger partial charge in [0.25, 0.3) is 0 Å². The predicted octanol–water partition coefficient (Wildman–Crippen LogP) is 5.99. The van der Waals surface area contributed by atoms with E-state index in [9.17, 15) is 10.1 Å². The molecule has 1 N–H and O–H groups in total. The molecule has 8 heteroatoms. The molecule has 2 aromatic heterocycles. The number of pyridine rings is 2. The van der Waals surface area contributed by atoms with Crippen molar-refractivity contribution in [1.82, 2.24) is 9.97 Å². The van der Waals surface area contributed by atoms with E-state index in [1.54, 1.807) is 36.8 Å². The van der Waals surface area contributed by atoms with Gasteiger partial charge >= 0.3 is 0 Å². The van der Waals surface area contributed by atoms with Crippen molar-refractivity contribution in [1.29, 1.82) is 5.26 Å². The van der Waals surface area contributed by atoms with Gasteiger partial charge in [-0.3, -0.25) is 9.78 Å². The summed E-state index contributed by atoms with van der Waals surface area (Å²) < 4.78 is 0. The normalized spacial score (nSPS) is 15.8. The van der Waals surface area contributed by atoms with Crippen LogP contribution in [-0.4, -0.2) is 15.9 Å². The molecule has 5 nitrogen and oxygen atoms in total. The molecule has 1 aliphatic rings. The molecule has 0 fully saturated rings. The minimum Gasteiger partial charge on any atom is -0.309 e. The lowest BCUT2D eigenvalue weighted by Gasteiger charge is -2.30. The van der Waals surface area contributed by atoms with Gasteiger partial charge in [0.05, 0.1) is 11.6 Å². The Morgan fingerprint density at radius 3 is 2.44 bits per heavy atom. The van der Waals surface area contributed by atoms with Crippen LogP contribution in [0.15, 0.2) is 85.3 Å². The van der Waals surface area contributed by atoms with E-state index in [1.165, 1.54) is 0 Å². The summed E-state index contributed by atoms with van der Waals surface area (Å²) in [7, 11) is 0. The fraction of sp³-hybridized carbons (Fsp3) is 0.0769. The van der Waals surface area contributed by atoms with Crippen LogP contribution < -0.4 is 5.32 Å². The zero-order chi connectivity index (χ0) is 22.1. The van der Waals surface area contributed by atoms with Gasteiger partial charge in [-0.1, -0.05) is 41.9 Å². The van der Waals surface area contributed by atoms with Crippen molar-refractivity contribution in [3.63, 3.8) is 0 Å². The Balaban J connectivity index is 0.00000162. The highest BCUT2D eigenvalue weighted by Gasteiger charge is 2.50. The predicted molar refractivity (Wildman–Crippen MR) is 138 cm³/mol. The summed E-state index contributed by atoms with van der Waals surface area (Å²) in [5, 5.41) is 13.1. The van der Waals surface area contributed by atoms with Crippen LogP contribution in [-0.2, 0) is 16.6 Å². The topological polar surface area (TPSA) is 78.7 Å². The summed E-state index contributed by atoms with van der Waals surface area (Å²) in [4.78, 5) is 22.3. The standard InChI is InChI=1S/C26H17ClN4O.2ClH/c27-22-7-2-1-6-20(22)21-10-13-30-24-23(21)26(25(32)31-24,15-17-8-11-29-12-9-17)19-5-3-4-18(14-19)16-28;;/h1-14H,15H2,(H,30,31,32);2*1H. The Morgan fingerprint density at radius 2 is 1.71 bits per heavy atom. The number of anilines is 1. The van der Waals surface area contributed by atoms with Crippen LogP contribution in [0.2, 0.25) is 5.02 Å². The SMILES string of the molecule is Cl.Cl.N#Cc1cccc(C2(Cc3ccncc3)C(=O)Nc3nccc(-c4ccccc4Cl)c32)c1. The molecule has 0 aliphatic carbocycles. The Labute approximate surface area is 214 Å². The number of benzene rings is 2. The molecule has 5 rings (SSSR count). The number of fused-ring (bicyclic) bond motifs is 1. The number of aromatic nitrogens is 2. The lowest BCUT2D eigenvalue weighted by atomic mass is 9.69. The number of hydrogen-bond donors (Lipinski definition) is 1. The van der Waals surface area contributed by atoms with Crippen molar-refractivity contribution in [2.75, 3.05) is 5.32 Å². The van der Waals surface area contributed by atoms with Crippen molar-refractivity contribution in [3.05, 3.63) is 113 Å². The van der Waals surface area contributed by atoms with E-state index >= 15 is 0 Å². The Kier molecular flexibility index (Phi) is 7.58. The van der Waals surface area contributed by atoms with E-state index in [1.807, 2.05) is 48.5 Å². The molecule has 1 aliphatic heterocycles. The van der Waals surface area contributed by atoms with Gasteiger partial charge in [0.1, 0.15) is 11.2 Å². The minimum absolute atomic E-state index is 0. The molecule has 170 valence electrons. The second-order valence-corrected chi connectivity index (χ2v) is 8.05. The van der Waals surface area contributed by atoms with Gasteiger partial charge in [-0.2, -0.15) is 5.26 Å². The molecule has 1 atom stereocenters. The third-order valence-corrected chi connectivity index (χ3v) is 6.19. The maximum absolute atomic E-state index is 13.7. The van der Waals surface area contributed by atoms with Crippen LogP contribution in [0.1, 0.15) is 22.3 Å². The van der Waals surface area contributed by atoms with E-state index in [0.717, 1.165) is 27.8 Å². The van der Waals surface area contributed by atoms with Gasteiger partial charge in [0, 0.05) is 34.7 Å². The zero-order valence-corrected chi connectivity index (χ0v) is 20.1. The number of halogens is 3. The monoisotopic (exact) mass is 508 g/mol. The van der Waals surface area contributed by atoms with Crippen LogP contribution in [0.3, 0.4) is 0 Å². The summed E-state index contributed by atoms with van der Waals surface area (Å²) in [6.07, 6.45) is 5.47. The lowest BCUT2D eigenvalue weighted by molar-refractivity contribution is -0.119. The summed E-state index contributed by atoms with van der Waals surface area (Å²) >= 11 is 6.57. The molecule has 4 aromatic rings. The molecule has 0 saturated heterocycles. The van der Waals surface area contributed by atoms with Crippen LogP contribution >= 0.6 is 36.4 Å². The summed E-state index contributed by atoms with van der Waals surface area (Å²) in [6, 6.07) is 22.6. The number of nitrogens with zero attached hydrogens (tertiary/aromatic N) is 3. The number of nitriles is 1. The fourth-order valence-electron chi connectivity index (χ4n) is 4.43. The lowest BCUT2D eigenvalue weighted by Crippen LogP contribution is -2.38. The first kappa shape index (κ1) is 25.2. The third-order valence-electron chi connectivity index (χ3n) is 5.86. The highest BCUT2D eigenvalue weighted by Crippen LogP contribution is 2.49. The van der Waals surface area contributed by atoms with Gasteiger partial charge in [-0.15, -0.1) is 24.8 Å². The number of hydrogen-bond acceptors (Lipinski definition) is 4. The molecular weight excluding hydrogens is 491 g/mol. The molecule has 1 unspecified atom stereocenters. The highest BCUT2D eigenvalue weighted by atomic mass is 35.5. The van der Waals surface area contributed by atoms with E-state index in [4.69, 9.17) is 11.6 Å². The summed E-state index contributed by atoms with van der Waals surface area (Å²) in [5.41, 5.74) is 3.47. The van der Waals surface area contributed by atoms with Crippen molar-refractivity contribution in [3.8, 4) is 17.2 Å². The largest absolute Gasteiger partial charge is 0.309 e. The summed E-state index contributed by atoms with van der Waals surface area (Å²) in [5.74, 6) is 0.315. The molecule has 2 aromatic carbocycles. The highest BCUT2D eigenvalue weighted by molar-refractivity contribution is 6.33. The van der Waals surface area contributed by atoms with Gasteiger partial charge in [-0.25, -0.2) is 4.98 Å². The first-order valence-electron chi connectivity index (χ1n) is 10.1. The first-order chi connectivity index (χ1) is 15.6. The van der Waals surface area contributed by atoms with Crippen LogP contribution in [0, 0.1) is 11.3 Å². The fourth-order valence-corrected chi connectivity index (χ4v) is 4.67. The second-order valence-electron chi connectivity index (χ2n) is 7.65. The van der Waals surface area contributed by atoms with Crippen LogP contribution in [0.4, 0.5) is 5.82 Å². The average molecular weight is 510 g/mol. The van der Waals surface area contributed by atoms with Gasteiger partial charge in [-0.05, 0) is 59.5 Å². The molecule has 34 heavy (non-hydrogen) atoms. The third kappa shape index (κ3) is 4.12. The van der Waals surface area contributed by atoms with E-state index in [0.29, 0.717) is 22.8 Å². The number of rotatable bonds is 4. The molecule has 1 amide bonds. The quantitative estimate of drug-likeness (QED) is 0.366. The number of carbonyl (C=O) groups is 1. The van der Waals surface area contributed by atoms with Crippen molar-refractivity contribution < 1.29 is 4.79 Å². The Hall–Kier alpha value is -3.43. The molecule has 3 heterocycles. The van der Waals surface area contributed by atoms with Gasteiger partial charge in [0.15, 0.2) is 0 Å². The van der Waals surface area contributed by atoms with Gasteiger partial charge < -0.3 is 5.32 Å². The van der Waals surface area contributed by atoms with Crippen molar-refractivity contribution in [2.45, 2.75) is 11.8 Å². The molecule has 0 radical (unpaired) electrons.